The molecule has 0 aliphatic carbocycles. The van der Waals surface area contributed by atoms with E-state index < -0.39 is 22.2 Å². The van der Waals surface area contributed by atoms with Gasteiger partial charge in [-0.05, 0) is 52.2 Å². The molecule has 1 aliphatic rings. The fraction of sp³-hybridized carbons (Fsp3) is 0.360. The molecule has 1 heterocycles. The summed E-state index contributed by atoms with van der Waals surface area (Å²) >= 11 is 0. The molecule has 2 aromatic carbocycles. The molecule has 7 nitrogen and oxygen atoms in total. The van der Waals surface area contributed by atoms with Crippen LogP contribution in [0, 0.1) is 13.8 Å². The number of carbonyl (C=O) groups excluding carboxylic acids is 2. The predicted octanol–water partition coefficient (Wildman–Crippen LogP) is 5.25. The van der Waals surface area contributed by atoms with Gasteiger partial charge >= 0.3 is 5.97 Å². The van der Waals surface area contributed by atoms with Gasteiger partial charge in [0.1, 0.15) is 16.4 Å². The minimum Gasteiger partial charge on any atom is -0.426 e. The van der Waals surface area contributed by atoms with Gasteiger partial charge in [-0.15, -0.1) is 0 Å². The number of carbonyl (C=O) groups is 2. The molecule has 0 saturated carbocycles. The zero-order valence-corrected chi connectivity index (χ0v) is 20.5. The highest BCUT2D eigenvalue weighted by molar-refractivity contribution is 8.31. The molecular formula is C25H32N2O5S. The van der Waals surface area contributed by atoms with Crippen molar-refractivity contribution in [2.45, 2.75) is 53.0 Å². The van der Waals surface area contributed by atoms with E-state index in [1.807, 2.05) is 38.1 Å². The highest BCUT2D eigenvalue weighted by Crippen LogP contribution is 2.63. The Labute approximate surface area is 196 Å². The summed E-state index contributed by atoms with van der Waals surface area (Å²) in [5.41, 5.74) is 1.70. The molecule has 0 bridgehead atoms. The summed E-state index contributed by atoms with van der Waals surface area (Å²) in [5, 5.41) is 3.06. The highest BCUT2D eigenvalue weighted by Gasteiger charge is 2.49. The van der Waals surface area contributed by atoms with Crippen molar-refractivity contribution in [1.82, 2.24) is 9.62 Å². The summed E-state index contributed by atoms with van der Waals surface area (Å²) in [6, 6.07) is 14.6. The van der Waals surface area contributed by atoms with Crippen molar-refractivity contribution >= 4 is 27.6 Å². The van der Waals surface area contributed by atoms with Crippen LogP contribution >= 0.6 is 10.8 Å². The molecule has 1 amide bonds. The number of benzene rings is 2. The lowest BCUT2D eigenvalue weighted by atomic mass is 10.1. The molecule has 3 rings (SSSR count). The predicted molar refractivity (Wildman–Crippen MR) is 132 cm³/mol. The Morgan fingerprint density at radius 3 is 2.21 bits per heavy atom. The lowest BCUT2D eigenvalue weighted by Crippen LogP contribution is -2.45. The zero-order chi connectivity index (χ0) is 24.4. The molecule has 0 unspecified atom stereocenters. The molecule has 8 heteroatoms. The van der Waals surface area contributed by atoms with Crippen LogP contribution < -0.4 is 10.1 Å². The van der Waals surface area contributed by atoms with Gasteiger partial charge in [-0.3, -0.25) is 18.7 Å². The Morgan fingerprint density at radius 1 is 1.03 bits per heavy atom. The Morgan fingerprint density at radius 2 is 1.64 bits per heavy atom. The lowest BCUT2D eigenvalue weighted by molar-refractivity contribution is -0.134. The van der Waals surface area contributed by atoms with E-state index in [1.165, 1.54) is 0 Å². The number of nitrogens with one attached hydrogen (secondary N) is 1. The fourth-order valence-electron chi connectivity index (χ4n) is 3.85. The molecular weight excluding hydrogens is 440 g/mol. The Kier molecular flexibility index (Phi) is 7.21. The Bertz CT molecular complexity index is 1050. The molecule has 0 fully saturated rings. The molecule has 0 spiro atoms. The second kappa shape index (κ2) is 9.59. The molecule has 178 valence electrons. The van der Waals surface area contributed by atoms with Gasteiger partial charge in [-0.1, -0.05) is 59.3 Å². The number of ether oxygens (including phenoxy) is 1. The molecule has 1 aliphatic heterocycles. The molecule has 0 radical (unpaired) electrons. The third kappa shape index (κ3) is 5.24. The van der Waals surface area contributed by atoms with E-state index in [9.17, 15) is 18.7 Å². The van der Waals surface area contributed by atoms with Crippen LogP contribution in [0.5, 0.6) is 5.75 Å². The van der Waals surface area contributed by atoms with Crippen molar-refractivity contribution in [2.75, 3.05) is 6.54 Å². The van der Waals surface area contributed by atoms with Crippen molar-refractivity contribution in [3.63, 3.8) is 0 Å². The summed E-state index contributed by atoms with van der Waals surface area (Å²) in [6.07, 6.45) is 0.569. The van der Waals surface area contributed by atoms with Gasteiger partial charge in [0.2, 0.25) is 0 Å². The van der Waals surface area contributed by atoms with Crippen LogP contribution in [0.2, 0.25) is 0 Å². The quantitative estimate of drug-likeness (QED) is 0.289. The van der Waals surface area contributed by atoms with Gasteiger partial charge in [0.05, 0.1) is 5.54 Å². The maximum absolute atomic E-state index is 13.2. The standard InChI is InChI=1S/C25H32N2O5S/c1-17-11-9-12-18(2)22(17)32-20(28)15-10-16-26-21-23(19-13-7-6-8-14-19)33(30,31)27(24(21)29)25(3,4)5/h6-9,11-14,26,30-31H,10,15-16H2,1-5H3. The smallest absolute Gasteiger partial charge is 0.311 e. The van der Waals surface area contributed by atoms with Crippen molar-refractivity contribution in [3.05, 3.63) is 70.9 Å². The van der Waals surface area contributed by atoms with Crippen molar-refractivity contribution < 1.29 is 23.4 Å². The first-order valence-electron chi connectivity index (χ1n) is 10.9. The average Bonchev–Trinajstić information content (AvgIpc) is 2.93. The van der Waals surface area contributed by atoms with Gasteiger partial charge in [-0.25, -0.2) is 4.31 Å². The largest absolute Gasteiger partial charge is 0.426 e. The van der Waals surface area contributed by atoms with Crippen LogP contribution in [0.1, 0.15) is 50.3 Å². The van der Waals surface area contributed by atoms with E-state index in [4.69, 9.17) is 4.74 Å². The van der Waals surface area contributed by atoms with E-state index in [2.05, 4.69) is 5.32 Å². The normalized spacial score (nSPS) is 16.7. The van der Waals surface area contributed by atoms with E-state index in [-0.39, 0.29) is 23.0 Å². The number of aryl methyl sites for hydroxylation is 2. The van der Waals surface area contributed by atoms with Gasteiger partial charge in [0, 0.05) is 18.5 Å². The number of rotatable bonds is 7. The molecule has 0 aromatic heterocycles. The highest BCUT2D eigenvalue weighted by atomic mass is 32.3. The maximum atomic E-state index is 13.2. The molecule has 33 heavy (non-hydrogen) atoms. The van der Waals surface area contributed by atoms with E-state index >= 15 is 0 Å². The summed E-state index contributed by atoms with van der Waals surface area (Å²) in [5.74, 6) is -0.255. The number of nitrogens with zero attached hydrogens (tertiary/aromatic N) is 1. The topological polar surface area (TPSA) is 99.1 Å². The Balaban J connectivity index is 1.73. The average molecular weight is 473 g/mol. The maximum Gasteiger partial charge on any atom is 0.311 e. The summed E-state index contributed by atoms with van der Waals surface area (Å²) < 4.78 is 28.8. The first-order chi connectivity index (χ1) is 15.4. The van der Waals surface area contributed by atoms with Gasteiger partial charge in [0.25, 0.3) is 5.91 Å². The van der Waals surface area contributed by atoms with Crippen LogP contribution in [-0.2, 0) is 9.59 Å². The zero-order valence-electron chi connectivity index (χ0n) is 19.7. The summed E-state index contributed by atoms with van der Waals surface area (Å²) in [7, 11) is -3.53. The summed E-state index contributed by atoms with van der Waals surface area (Å²) in [4.78, 5) is 25.7. The number of amides is 1. The number of esters is 1. The van der Waals surface area contributed by atoms with Gasteiger partial charge < -0.3 is 10.1 Å². The van der Waals surface area contributed by atoms with E-state index in [0.717, 1.165) is 15.4 Å². The third-order valence-electron chi connectivity index (χ3n) is 5.28. The number of hydrogen-bond acceptors (Lipinski definition) is 6. The summed E-state index contributed by atoms with van der Waals surface area (Å²) in [6.45, 7) is 9.35. The molecule has 0 atom stereocenters. The first kappa shape index (κ1) is 24.8. The SMILES string of the molecule is Cc1cccc(C)c1OC(=O)CCCNC1=C(c2ccccc2)S(O)(O)N(C(C)(C)C)C1=O. The van der Waals surface area contributed by atoms with Crippen molar-refractivity contribution in [3.8, 4) is 5.75 Å². The van der Waals surface area contributed by atoms with Crippen LogP contribution in [0.25, 0.3) is 4.91 Å². The van der Waals surface area contributed by atoms with Crippen LogP contribution in [0.4, 0.5) is 0 Å². The Hall–Kier alpha value is -2.81. The van der Waals surface area contributed by atoms with Gasteiger partial charge in [-0.2, -0.15) is 0 Å². The van der Waals surface area contributed by atoms with Crippen LogP contribution in [0.15, 0.2) is 54.2 Å². The number of hydrogen-bond donors (Lipinski definition) is 3. The fourth-order valence-corrected chi connectivity index (χ4v) is 6.00. The molecule has 0 saturated heterocycles. The monoisotopic (exact) mass is 472 g/mol. The third-order valence-corrected chi connectivity index (χ3v) is 7.49. The van der Waals surface area contributed by atoms with Crippen LogP contribution in [-0.4, -0.2) is 37.4 Å². The van der Waals surface area contributed by atoms with Crippen molar-refractivity contribution in [2.24, 2.45) is 0 Å². The second-order valence-electron chi connectivity index (χ2n) is 9.08. The second-order valence-corrected chi connectivity index (χ2v) is 10.9. The van der Waals surface area contributed by atoms with Crippen LogP contribution in [0.3, 0.4) is 0 Å². The number of para-hydroxylation sites is 1. The van der Waals surface area contributed by atoms with E-state index in [0.29, 0.717) is 24.3 Å². The lowest BCUT2D eigenvalue weighted by Gasteiger charge is -2.45. The molecule has 2 aromatic rings. The minimum absolute atomic E-state index is 0.152. The first-order valence-corrected chi connectivity index (χ1v) is 12.4. The van der Waals surface area contributed by atoms with Crippen molar-refractivity contribution in [1.29, 1.82) is 0 Å². The molecule has 3 N–H and O–H groups in total. The minimum atomic E-state index is -3.53. The van der Waals surface area contributed by atoms with E-state index in [1.54, 1.807) is 45.0 Å². The van der Waals surface area contributed by atoms with Gasteiger partial charge in [0.15, 0.2) is 0 Å².